The molecule has 3 heteroatoms. The molecule has 0 aliphatic carbocycles. The SMILES string of the molecule is C#Cc1cc(F)cc(F)c1-c1cccc(OCc2ccccc2)c1. The summed E-state index contributed by atoms with van der Waals surface area (Å²) >= 11 is 0. The van der Waals surface area contributed by atoms with Crippen LogP contribution in [0.5, 0.6) is 5.75 Å². The largest absolute Gasteiger partial charge is 0.489 e. The molecule has 0 fully saturated rings. The molecule has 0 aliphatic heterocycles. The third-order valence-corrected chi connectivity index (χ3v) is 3.58. The summed E-state index contributed by atoms with van der Waals surface area (Å²) in [5, 5.41) is 0. The summed E-state index contributed by atoms with van der Waals surface area (Å²) in [5.74, 6) is 1.53. The molecule has 0 spiro atoms. The monoisotopic (exact) mass is 320 g/mol. The van der Waals surface area contributed by atoms with E-state index in [1.54, 1.807) is 24.3 Å². The lowest BCUT2D eigenvalue weighted by molar-refractivity contribution is 0.306. The predicted molar refractivity (Wildman–Crippen MR) is 90.5 cm³/mol. The highest BCUT2D eigenvalue weighted by atomic mass is 19.1. The summed E-state index contributed by atoms with van der Waals surface area (Å²) in [6.07, 6.45) is 5.38. The summed E-state index contributed by atoms with van der Waals surface area (Å²) in [6.45, 7) is 0.401. The average molecular weight is 320 g/mol. The molecule has 0 atom stereocenters. The number of ether oxygens (including phenoxy) is 1. The van der Waals surface area contributed by atoms with Gasteiger partial charge in [-0.05, 0) is 29.3 Å². The van der Waals surface area contributed by atoms with Gasteiger partial charge in [0.05, 0.1) is 0 Å². The van der Waals surface area contributed by atoms with Gasteiger partial charge in [-0.2, -0.15) is 0 Å². The van der Waals surface area contributed by atoms with Gasteiger partial charge in [0, 0.05) is 17.2 Å². The van der Waals surface area contributed by atoms with Gasteiger partial charge in [0.1, 0.15) is 24.0 Å². The smallest absolute Gasteiger partial charge is 0.135 e. The highest BCUT2D eigenvalue weighted by Gasteiger charge is 2.13. The van der Waals surface area contributed by atoms with Crippen molar-refractivity contribution in [1.82, 2.24) is 0 Å². The first-order valence-corrected chi connectivity index (χ1v) is 7.40. The Morgan fingerprint density at radius 1 is 0.917 bits per heavy atom. The van der Waals surface area contributed by atoms with Crippen LogP contribution in [-0.2, 0) is 6.61 Å². The molecule has 0 bridgehead atoms. The maximum atomic E-state index is 14.2. The van der Waals surface area contributed by atoms with Crippen LogP contribution in [0.3, 0.4) is 0 Å². The zero-order valence-electron chi connectivity index (χ0n) is 12.8. The van der Waals surface area contributed by atoms with Crippen molar-refractivity contribution in [2.45, 2.75) is 6.61 Å². The molecule has 0 heterocycles. The third-order valence-electron chi connectivity index (χ3n) is 3.58. The van der Waals surface area contributed by atoms with Crippen LogP contribution in [-0.4, -0.2) is 0 Å². The maximum absolute atomic E-state index is 14.2. The van der Waals surface area contributed by atoms with Gasteiger partial charge >= 0.3 is 0 Å². The van der Waals surface area contributed by atoms with Crippen LogP contribution >= 0.6 is 0 Å². The van der Waals surface area contributed by atoms with Gasteiger partial charge in [-0.15, -0.1) is 6.42 Å². The third kappa shape index (κ3) is 3.44. The van der Waals surface area contributed by atoms with Gasteiger partial charge in [-0.1, -0.05) is 48.4 Å². The van der Waals surface area contributed by atoms with Crippen LogP contribution in [0.25, 0.3) is 11.1 Å². The molecule has 0 N–H and O–H groups in total. The molecule has 1 nitrogen and oxygen atoms in total. The molecule has 0 radical (unpaired) electrons. The van der Waals surface area contributed by atoms with Gasteiger partial charge in [0.15, 0.2) is 0 Å². The Labute approximate surface area is 139 Å². The van der Waals surface area contributed by atoms with Gasteiger partial charge in [-0.25, -0.2) is 8.78 Å². The Bertz CT molecular complexity index is 895. The Morgan fingerprint density at radius 2 is 1.71 bits per heavy atom. The van der Waals surface area contributed by atoms with Crippen molar-refractivity contribution in [3.63, 3.8) is 0 Å². The lowest BCUT2D eigenvalue weighted by Gasteiger charge is -2.11. The van der Waals surface area contributed by atoms with Crippen LogP contribution in [0.15, 0.2) is 66.7 Å². The van der Waals surface area contributed by atoms with Gasteiger partial charge in [0.25, 0.3) is 0 Å². The minimum Gasteiger partial charge on any atom is -0.489 e. The van der Waals surface area contributed by atoms with Crippen LogP contribution in [0, 0.1) is 24.0 Å². The summed E-state index contributed by atoms with van der Waals surface area (Å²) in [7, 11) is 0. The Kier molecular flexibility index (Phi) is 4.58. The summed E-state index contributed by atoms with van der Waals surface area (Å²) in [5.41, 5.74) is 1.95. The minimum atomic E-state index is -0.694. The number of rotatable bonds is 4. The molecule has 0 aromatic heterocycles. The van der Waals surface area contributed by atoms with Crippen molar-refractivity contribution in [1.29, 1.82) is 0 Å². The van der Waals surface area contributed by atoms with E-state index < -0.39 is 11.6 Å². The number of benzene rings is 3. The molecule has 24 heavy (non-hydrogen) atoms. The van der Waals surface area contributed by atoms with Crippen molar-refractivity contribution < 1.29 is 13.5 Å². The highest BCUT2D eigenvalue weighted by molar-refractivity contribution is 5.72. The van der Waals surface area contributed by atoms with E-state index in [1.165, 1.54) is 0 Å². The van der Waals surface area contributed by atoms with Crippen molar-refractivity contribution in [3.8, 4) is 29.2 Å². The van der Waals surface area contributed by atoms with E-state index in [2.05, 4.69) is 5.92 Å². The van der Waals surface area contributed by atoms with Gasteiger partial charge in [-0.3, -0.25) is 0 Å². The molecular formula is C21H14F2O. The molecule has 3 aromatic rings. The van der Waals surface area contributed by atoms with Crippen LogP contribution in [0.1, 0.15) is 11.1 Å². The van der Waals surface area contributed by atoms with E-state index in [4.69, 9.17) is 11.2 Å². The van der Waals surface area contributed by atoms with Crippen LogP contribution in [0.4, 0.5) is 8.78 Å². The van der Waals surface area contributed by atoms with Gasteiger partial charge in [0.2, 0.25) is 0 Å². The van der Waals surface area contributed by atoms with Crippen molar-refractivity contribution in [2.24, 2.45) is 0 Å². The lowest BCUT2D eigenvalue weighted by Crippen LogP contribution is -1.96. The normalized spacial score (nSPS) is 10.2. The second-order valence-electron chi connectivity index (χ2n) is 5.26. The quantitative estimate of drug-likeness (QED) is 0.601. The van der Waals surface area contributed by atoms with E-state index >= 15 is 0 Å². The van der Waals surface area contributed by atoms with Crippen molar-refractivity contribution in [3.05, 3.63) is 89.5 Å². The average Bonchev–Trinajstić information content (AvgIpc) is 2.60. The van der Waals surface area contributed by atoms with Crippen LogP contribution in [0.2, 0.25) is 0 Å². The first kappa shape index (κ1) is 15.8. The fraction of sp³-hybridized carbons (Fsp3) is 0.0476. The molecule has 0 amide bonds. The predicted octanol–water partition coefficient (Wildman–Crippen LogP) is 5.19. The number of hydrogen-bond donors (Lipinski definition) is 0. The van der Waals surface area contributed by atoms with E-state index in [1.807, 2.05) is 30.3 Å². The van der Waals surface area contributed by atoms with E-state index in [0.717, 1.165) is 17.7 Å². The van der Waals surface area contributed by atoms with E-state index in [-0.39, 0.29) is 11.1 Å². The standard InChI is InChI=1S/C21H14F2O/c1-2-16-11-18(22)13-20(23)21(16)17-9-6-10-19(12-17)24-14-15-7-4-3-5-8-15/h1,3-13H,14H2. The number of terminal acetylenes is 1. The first-order valence-electron chi connectivity index (χ1n) is 7.40. The van der Waals surface area contributed by atoms with E-state index in [0.29, 0.717) is 17.9 Å². The zero-order valence-corrected chi connectivity index (χ0v) is 12.8. The Balaban J connectivity index is 1.90. The van der Waals surface area contributed by atoms with Crippen LogP contribution < -0.4 is 4.74 Å². The number of hydrogen-bond acceptors (Lipinski definition) is 1. The first-order chi connectivity index (χ1) is 11.7. The Hall–Kier alpha value is -3.12. The Morgan fingerprint density at radius 3 is 2.46 bits per heavy atom. The second-order valence-corrected chi connectivity index (χ2v) is 5.26. The lowest BCUT2D eigenvalue weighted by atomic mass is 9.99. The molecule has 0 saturated carbocycles. The summed E-state index contributed by atoms with van der Waals surface area (Å²) < 4.78 is 33.3. The fourth-order valence-electron chi connectivity index (χ4n) is 2.46. The summed E-state index contributed by atoms with van der Waals surface area (Å²) in [6, 6.07) is 18.6. The minimum absolute atomic E-state index is 0.174. The molecule has 3 aromatic carbocycles. The summed E-state index contributed by atoms with van der Waals surface area (Å²) in [4.78, 5) is 0. The molecule has 3 rings (SSSR count). The highest BCUT2D eigenvalue weighted by Crippen LogP contribution is 2.30. The molecular weight excluding hydrogens is 306 g/mol. The van der Waals surface area contributed by atoms with E-state index in [9.17, 15) is 8.78 Å². The van der Waals surface area contributed by atoms with Gasteiger partial charge < -0.3 is 4.74 Å². The maximum Gasteiger partial charge on any atom is 0.135 e. The fourth-order valence-corrected chi connectivity index (χ4v) is 2.46. The number of halogens is 2. The molecule has 0 saturated heterocycles. The molecule has 0 unspecified atom stereocenters. The second kappa shape index (κ2) is 6.97. The van der Waals surface area contributed by atoms with Crippen molar-refractivity contribution in [2.75, 3.05) is 0 Å². The topological polar surface area (TPSA) is 9.23 Å². The van der Waals surface area contributed by atoms with Crippen molar-refractivity contribution >= 4 is 0 Å². The molecule has 118 valence electrons. The zero-order chi connectivity index (χ0) is 16.9. The molecule has 0 aliphatic rings.